The molecule has 0 fully saturated rings. The third-order valence-corrected chi connectivity index (χ3v) is 3.64. The van der Waals surface area contributed by atoms with Gasteiger partial charge in [-0.2, -0.15) is 12.1 Å². The summed E-state index contributed by atoms with van der Waals surface area (Å²) in [6, 6.07) is 13.0. The van der Waals surface area contributed by atoms with Gasteiger partial charge < -0.3 is 0 Å². The first kappa shape index (κ1) is 19.5. The van der Waals surface area contributed by atoms with E-state index in [4.69, 9.17) is 0 Å². The van der Waals surface area contributed by atoms with Crippen LogP contribution in [0, 0.1) is 36.3 Å². The van der Waals surface area contributed by atoms with Crippen LogP contribution < -0.4 is 58.2 Å². The molecule has 24 heavy (non-hydrogen) atoms. The van der Waals surface area contributed by atoms with Crippen LogP contribution in [-0.2, 0) is 0 Å². The average molecular weight is 401 g/mol. The number of hydrogen-bond acceptors (Lipinski definition) is 0. The first-order valence-corrected chi connectivity index (χ1v) is 6.89. The minimum absolute atomic E-state index is 0. The van der Waals surface area contributed by atoms with Gasteiger partial charge in [-0.15, -0.1) is 17.7 Å². The van der Waals surface area contributed by atoms with Gasteiger partial charge in [-0.3, -0.25) is 0 Å². The van der Waals surface area contributed by atoms with E-state index in [1.807, 2.05) is 0 Å². The molecule has 3 rings (SSSR count). The van der Waals surface area contributed by atoms with Crippen LogP contribution in [-0.4, -0.2) is 0 Å². The summed E-state index contributed by atoms with van der Waals surface area (Å²) in [7, 11) is 0. The molecular formula is C19H11F4Rb. The molecule has 116 valence electrons. The van der Waals surface area contributed by atoms with Gasteiger partial charge in [0.15, 0.2) is 11.6 Å². The number of benzene rings is 3. The van der Waals surface area contributed by atoms with Crippen LogP contribution in [0.2, 0.25) is 0 Å². The van der Waals surface area contributed by atoms with Gasteiger partial charge in [0, 0.05) is 11.4 Å². The van der Waals surface area contributed by atoms with Gasteiger partial charge in [0.1, 0.15) is 5.82 Å². The quantitative estimate of drug-likeness (QED) is 0.458. The molecule has 0 nitrogen and oxygen atoms in total. The SMILES string of the molecule is Cc1ccc(-c2ccc(-c3cc[c-]c(F)c3)c(F)c2F)cc1F.[Rb+]. The normalized spacial score (nSPS) is 10.4. The number of aryl methyl sites for hydroxylation is 1. The Balaban J connectivity index is 0.00000208. The third-order valence-electron chi connectivity index (χ3n) is 3.64. The molecule has 0 atom stereocenters. The third kappa shape index (κ3) is 3.88. The zero-order valence-corrected chi connectivity index (χ0v) is 18.0. The Morgan fingerprint density at radius 3 is 1.88 bits per heavy atom. The topological polar surface area (TPSA) is 0 Å². The molecule has 0 amide bonds. The molecule has 0 bridgehead atoms. The fourth-order valence-electron chi connectivity index (χ4n) is 2.36. The van der Waals surface area contributed by atoms with Gasteiger partial charge in [0.2, 0.25) is 0 Å². The Labute approximate surface area is 186 Å². The van der Waals surface area contributed by atoms with Crippen molar-refractivity contribution < 1.29 is 75.7 Å². The van der Waals surface area contributed by atoms with Gasteiger partial charge in [0.25, 0.3) is 0 Å². The van der Waals surface area contributed by atoms with Crippen LogP contribution in [0.5, 0.6) is 0 Å². The number of hydrogen-bond donors (Lipinski definition) is 0. The molecule has 3 aromatic rings. The summed E-state index contributed by atoms with van der Waals surface area (Å²) in [6.07, 6.45) is 0. The van der Waals surface area contributed by atoms with E-state index in [9.17, 15) is 17.6 Å². The summed E-state index contributed by atoms with van der Waals surface area (Å²) in [5, 5.41) is 0. The molecule has 0 radical (unpaired) electrons. The number of halogens is 4. The molecule has 0 aliphatic carbocycles. The monoisotopic (exact) mass is 400 g/mol. The zero-order chi connectivity index (χ0) is 16.6. The van der Waals surface area contributed by atoms with Crippen LogP contribution in [0.15, 0.2) is 48.5 Å². The fourth-order valence-corrected chi connectivity index (χ4v) is 2.36. The Hall–Kier alpha value is -0.815. The largest absolute Gasteiger partial charge is 1.00 e. The van der Waals surface area contributed by atoms with Crippen molar-refractivity contribution in [2.24, 2.45) is 0 Å². The van der Waals surface area contributed by atoms with Crippen molar-refractivity contribution >= 4 is 0 Å². The second-order valence-corrected chi connectivity index (χ2v) is 5.18. The fraction of sp³-hybridized carbons (Fsp3) is 0.0526. The molecule has 0 saturated carbocycles. The van der Waals surface area contributed by atoms with Gasteiger partial charge in [0.05, 0.1) is 0 Å². The molecule has 0 aliphatic heterocycles. The molecule has 0 aliphatic rings. The Morgan fingerprint density at radius 1 is 0.750 bits per heavy atom. The van der Waals surface area contributed by atoms with Crippen LogP contribution in [0.1, 0.15) is 5.56 Å². The first-order valence-electron chi connectivity index (χ1n) is 6.89. The Bertz CT molecular complexity index is 891. The van der Waals surface area contributed by atoms with E-state index in [1.54, 1.807) is 6.92 Å². The Kier molecular flexibility index (Phi) is 6.54. The van der Waals surface area contributed by atoms with Crippen LogP contribution in [0.3, 0.4) is 0 Å². The van der Waals surface area contributed by atoms with E-state index in [-0.39, 0.29) is 80.4 Å². The molecule has 0 spiro atoms. The summed E-state index contributed by atoms with van der Waals surface area (Å²) in [4.78, 5) is 0. The van der Waals surface area contributed by atoms with E-state index in [1.165, 1.54) is 36.4 Å². The van der Waals surface area contributed by atoms with Gasteiger partial charge in [-0.05, 0) is 29.7 Å². The molecule has 0 N–H and O–H groups in total. The van der Waals surface area contributed by atoms with Gasteiger partial charge >= 0.3 is 58.2 Å². The standard InChI is InChI=1S/C19H11F4.Rb/c1-11-5-6-13(10-17(11)21)16-8-7-15(18(22)19(16)23)12-3-2-4-14(20)9-12;/h2-3,5-10H,1H3;/q-1;+1. The summed E-state index contributed by atoms with van der Waals surface area (Å²) < 4.78 is 55.5. The first-order chi connectivity index (χ1) is 11.0. The van der Waals surface area contributed by atoms with Crippen molar-refractivity contribution in [2.45, 2.75) is 6.92 Å². The minimum Gasteiger partial charge on any atom is -0.236 e. The molecule has 0 heterocycles. The number of rotatable bonds is 2. The van der Waals surface area contributed by atoms with Crippen molar-refractivity contribution in [3.05, 3.63) is 83.4 Å². The minimum atomic E-state index is -1.10. The van der Waals surface area contributed by atoms with Crippen molar-refractivity contribution in [1.29, 1.82) is 0 Å². The van der Waals surface area contributed by atoms with E-state index in [0.29, 0.717) is 5.56 Å². The summed E-state index contributed by atoms with van der Waals surface area (Å²) in [5.74, 6) is -3.35. The van der Waals surface area contributed by atoms with Crippen molar-refractivity contribution in [3.63, 3.8) is 0 Å². The average Bonchev–Trinajstić information content (AvgIpc) is 2.53. The van der Waals surface area contributed by atoms with Crippen molar-refractivity contribution in [1.82, 2.24) is 0 Å². The van der Waals surface area contributed by atoms with Crippen molar-refractivity contribution in [2.75, 3.05) is 0 Å². The maximum absolute atomic E-state index is 14.4. The summed E-state index contributed by atoms with van der Waals surface area (Å²) in [6.45, 7) is 1.58. The second kappa shape index (κ2) is 8.04. The van der Waals surface area contributed by atoms with Crippen LogP contribution in [0.4, 0.5) is 17.6 Å². The molecule has 5 heteroatoms. The maximum Gasteiger partial charge on any atom is 1.00 e. The van der Waals surface area contributed by atoms with E-state index in [2.05, 4.69) is 6.07 Å². The van der Waals surface area contributed by atoms with E-state index in [0.717, 1.165) is 12.1 Å². The second-order valence-electron chi connectivity index (χ2n) is 5.18. The maximum atomic E-state index is 14.4. The van der Waals surface area contributed by atoms with Crippen LogP contribution >= 0.6 is 0 Å². The van der Waals surface area contributed by atoms with E-state index < -0.39 is 23.3 Å². The molecule has 0 saturated heterocycles. The molecule has 3 aromatic carbocycles. The van der Waals surface area contributed by atoms with Crippen LogP contribution in [0.25, 0.3) is 22.3 Å². The van der Waals surface area contributed by atoms with Crippen molar-refractivity contribution in [3.8, 4) is 22.3 Å². The Morgan fingerprint density at radius 2 is 1.33 bits per heavy atom. The predicted molar refractivity (Wildman–Crippen MR) is 80.7 cm³/mol. The molecule has 0 aromatic heterocycles. The molecular weight excluding hydrogens is 390 g/mol. The van der Waals surface area contributed by atoms with Gasteiger partial charge in [-0.1, -0.05) is 24.3 Å². The molecule has 0 unspecified atom stereocenters. The summed E-state index contributed by atoms with van der Waals surface area (Å²) in [5.41, 5.74) is 0.755. The van der Waals surface area contributed by atoms with Gasteiger partial charge in [-0.25, -0.2) is 17.6 Å². The zero-order valence-electron chi connectivity index (χ0n) is 13.1. The smallest absolute Gasteiger partial charge is 0.236 e. The summed E-state index contributed by atoms with van der Waals surface area (Å²) >= 11 is 0. The van der Waals surface area contributed by atoms with E-state index >= 15 is 0 Å². The predicted octanol–water partition coefficient (Wildman–Crippen LogP) is 2.69.